The maximum Gasteiger partial charge on any atom is 0.0346 e. The van der Waals surface area contributed by atoms with Crippen molar-refractivity contribution < 1.29 is 0 Å². The average molecular weight is 411 g/mol. The van der Waals surface area contributed by atoms with Crippen LogP contribution >= 0.6 is 0 Å². The smallest absolute Gasteiger partial charge is 0.0346 e. The van der Waals surface area contributed by atoms with Gasteiger partial charge < -0.3 is 5.32 Å². The minimum absolute atomic E-state index is 0.325. The molecule has 1 saturated heterocycles. The second kappa shape index (κ2) is 5.90. The highest BCUT2D eigenvalue weighted by Crippen LogP contribution is 2.79. The molecule has 5 atom stereocenters. The number of nitrogens with zero attached hydrogens (tertiary/aromatic N) is 1. The molecular formula is C29H34N2. The van der Waals surface area contributed by atoms with Crippen LogP contribution in [0.3, 0.4) is 0 Å². The Kier molecular flexibility index (Phi) is 3.54. The van der Waals surface area contributed by atoms with E-state index in [0.717, 1.165) is 0 Å². The highest BCUT2D eigenvalue weighted by Gasteiger charge is 2.70. The zero-order chi connectivity index (χ0) is 20.9. The molecular weight excluding hydrogens is 376 g/mol. The van der Waals surface area contributed by atoms with Gasteiger partial charge in [-0.3, -0.25) is 4.98 Å². The van der Waals surface area contributed by atoms with E-state index < -0.39 is 0 Å². The predicted molar refractivity (Wildman–Crippen MR) is 127 cm³/mol. The molecule has 1 aliphatic heterocycles. The average Bonchev–Trinajstić information content (AvgIpc) is 3.26. The SMILES string of the molecule is C[C@@]12CC[C@H](c3ccc4ccncc4c3)[C@@]1(C)CC=C1C=C3CCNC[C@]34CC[C@@]12C4. The highest BCUT2D eigenvalue weighted by atomic mass is 14.9. The third kappa shape index (κ3) is 2.11. The van der Waals surface area contributed by atoms with E-state index >= 15 is 0 Å². The molecule has 2 nitrogen and oxygen atoms in total. The second-order valence-electron chi connectivity index (χ2n) is 11.8. The van der Waals surface area contributed by atoms with Crippen LogP contribution in [-0.2, 0) is 0 Å². The van der Waals surface area contributed by atoms with Crippen molar-refractivity contribution in [3.05, 3.63) is 65.5 Å². The third-order valence-corrected chi connectivity index (χ3v) is 11.1. The summed E-state index contributed by atoms with van der Waals surface area (Å²) in [6.45, 7) is 7.71. The van der Waals surface area contributed by atoms with Gasteiger partial charge in [0.1, 0.15) is 0 Å². The minimum atomic E-state index is 0.325. The quantitative estimate of drug-likeness (QED) is 0.577. The fourth-order valence-electron chi connectivity index (χ4n) is 9.15. The van der Waals surface area contributed by atoms with Crippen molar-refractivity contribution >= 4 is 10.8 Å². The molecule has 1 aromatic carbocycles. The Labute approximate surface area is 186 Å². The van der Waals surface area contributed by atoms with Gasteiger partial charge in [0, 0.05) is 35.2 Å². The number of aromatic nitrogens is 1. The van der Waals surface area contributed by atoms with E-state index in [0.29, 0.717) is 27.6 Å². The van der Waals surface area contributed by atoms with Crippen LogP contribution < -0.4 is 5.32 Å². The number of nitrogens with one attached hydrogen (secondary N) is 1. The van der Waals surface area contributed by atoms with Crippen molar-refractivity contribution in [1.82, 2.24) is 10.3 Å². The van der Waals surface area contributed by atoms with Crippen molar-refractivity contribution in [2.24, 2.45) is 21.7 Å². The second-order valence-corrected chi connectivity index (χ2v) is 11.8. The van der Waals surface area contributed by atoms with Gasteiger partial charge in [0.2, 0.25) is 0 Å². The third-order valence-electron chi connectivity index (χ3n) is 11.1. The molecule has 1 aromatic heterocycles. The van der Waals surface area contributed by atoms with Crippen molar-refractivity contribution in [2.45, 2.75) is 64.7 Å². The monoisotopic (exact) mass is 410 g/mol. The van der Waals surface area contributed by atoms with Crippen LogP contribution in [0.4, 0.5) is 0 Å². The summed E-state index contributed by atoms with van der Waals surface area (Å²) < 4.78 is 0. The van der Waals surface area contributed by atoms with Crippen molar-refractivity contribution in [2.75, 3.05) is 13.1 Å². The molecule has 3 fully saturated rings. The van der Waals surface area contributed by atoms with Crippen molar-refractivity contribution in [1.29, 1.82) is 0 Å². The zero-order valence-corrected chi connectivity index (χ0v) is 19.0. The normalized spacial score (nSPS) is 43.1. The molecule has 2 spiro atoms. The summed E-state index contributed by atoms with van der Waals surface area (Å²) in [6, 6.07) is 9.32. The lowest BCUT2D eigenvalue weighted by molar-refractivity contribution is -0.0395. The summed E-state index contributed by atoms with van der Waals surface area (Å²) in [7, 11) is 0. The fourth-order valence-corrected chi connectivity index (χ4v) is 9.15. The van der Waals surface area contributed by atoms with Crippen LogP contribution in [0.25, 0.3) is 10.8 Å². The summed E-state index contributed by atoms with van der Waals surface area (Å²) in [4.78, 5) is 4.39. The van der Waals surface area contributed by atoms with Gasteiger partial charge in [-0.05, 0) is 96.9 Å². The number of pyridine rings is 1. The minimum Gasteiger partial charge on any atom is -0.316 e. The number of fused-ring (bicyclic) bond motifs is 2. The lowest BCUT2D eigenvalue weighted by atomic mass is 9.43. The standard InChI is InChI=1S/C29H34N2/c1-26-9-5-24-16-23-8-14-31-19-28(23)11-12-29(24,18-28)27(26,2)10-6-25(26)21-4-3-20-7-13-30-17-22(20)15-21/h3-5,7,13,15-17,25,31H,6,8-12,14,18-19H2,1-2H3/t25-,26-,27-,28-,29-/m1/s1. The van der Waals surface area contributed by atoms with Gasteiger partial charge in [-0.2, -0.15) is 0 Å². The number of hydrogen-bond donors (Lipinski definition) is 1. The first-order valence-electron chi connectivity index (χ1n) is 12.5. The number of piperidine rings is 1. The molecule has 2 saturated carbocycles. The molecule has 7 rings (SSSR count). The Hall–Kier alpha value is -1.93. The molecule has 31 heavy (non-hydrogen) atoms. The van der Waals surface area contributed by atoms with Gasteiger partial charge in [-0.25, -0.2) is 0 Å². The Bertz CT molecular complexity index is 1160. The molecule has 0 radical (unpaired) electrons. The number of hydrogen-bond acceptors (Lipinski definition) is 2. The van der Waals surface area contributed by atoms with Crippen LogP contribution in [0.2, 0.25) is 0 Å². The lowest BCUT2D eigenvalue weighted by Crippen LogP contribution is -2.54. The van der Waals surface area contributed by atoms with Crippen LogP contribution in [0, 0.1) is 21.7 Å². The van der Waals surface area contributed by atoms with Crippen LogP contribution in [-0.4, -0.2) is 18.1 Å². The molecule has 0 amide bonds. The van der Waals surface area contributed by atoms with E-state index in [9.17, 15) is 0 Å². The molecule has 2 aromatic rings. The number of benzene rings is 1. The van der Waals surface area contributed by atoms with Gasteiger partial charge in [-0.15, -0.1) is 0 Å². The van der Waals surface area contributed by atoms with E-state index in [1.165, 1.54) is 68.8 Å². The maximum absolute atomic E-state index is 4.39. The van der Waals surface area contributed by atoms with Gasteiger partial charge >= 0.3 is 0 Å². The first-order chi connectivity index (χ1) is 15.0. The van der Waals surface area contributed by atoms with Crippen LogP contribution in [0.1, 0.15) is 70.3 Å². The Morgan fingerprint density at radius 3 is 2.94 bits per heavy atom. The Morgan fingerprint density at radius 1 is 1.06 bits per heavy atom. The summed E-state index contributed by atoms with van der Waals surface area (Å²) >= 11 is 0. The molecule has 2 heterocycles. The van der Waals surface area contributed by atoms with E-state index in [1.807, 2.05) is 12.4 Å². The van der Waals surface area contributed by atoms with Crippen LogP contribution in [0.5, 0.6) is 0 Å². The van der Waals surface area contributed by atoms with Crippen LogP contribution in [0.15, 0.2) is 60.0 Å². The zero-order valence-electron chi connectivity index (χ0n) is 19.0. The molecule has 160 valence electrons. The molecule has 4 aliphatic carbocycles. The highest BCUT2D eigenvalue weighted by molar-refractivity contribution is 5.82. The Morgan fingerprint density at radius 2 is 2.00 bits per heavy atom. The molecule has 0 unspecified atom stereocenters. The van der Waals surface area contributed by atoms with Gasteiger partial charge in [0.05, 0.1) is 0 Å². The Balaban J connectivity index is 1.36. The largest absolute Gasteiger partial charge is 0.316 e. The number of allylic oxidation sites excluding steroid dienone is 3. The van der Waals surface area contributed by atoms with E-state index in [-0.39, 0.29) is 0 Å². The molecule has 2 bridgehead atoms. The topological polar surface area (TPSA) is 24.9 Å². The van der Waals surface area contributed by atoms with Gasteiger partial charge in [0.15, 0.2) is 0 Å². The first-order valence-corrected chi connectivity index (χ1v) is 12.5. The van der Waals surface area contributed by atoms with Crippen molar-refractivity contribution in [3.63, 3.8) is 0 Å². The summed E-state index contributed by atoms with van der Waals surface area (Å²) in [6.07, 6.45) is 18.7. The summed E-state index contributed by atoms with van der Waals surface area (Å²) in [5, 5.41) is 6.36. The number of rotatable bonds is 1. The van der Waals surface area contributed by atoms with Gasteiger partial charge in [0.25, 0.3) is 0 Å². The lowest BCUT2D eigenvalue weighted by Gasteiger charge is -2.61. The van der Waals surface area contributed by atoms with E-state index in [4.69, 9.17) is 0 Å². The fraction of sp³-hybridized carbons (Fsp3) is 0.552. The molecule has 1 N–H and O–H groups in total. The molecule has 2 heteroatoms. The van der Waals surface area contributed by atoms with E-state index in [2.05, 4.69) is 60.6 Å². The molecule has 5 aliphatic rings. The summed E-state index contributed by atoms with van der Waals surface area (Å²) in [5.74, 6) is 0.640. The summed E-state index contributed by atoms with van der Waals surface area (Å²) in [5.41, 5.74) is 6.57. The predicted octanol–water partition coefficient (Wildman–Crippen LogP) is 6.54. The maximum atomic E-state index is 4.39. The van der Waals surface area contributed by atoms with Crippen molar-refractivity contribution in [3.8, 4) is 0 Å². The first kappa shape index (κ1) is 18.6. The van der Waals surface area contributed by atoms with E-state index in [1.54, 1.807) is 16.7 Å². The van der Waals surface area contributed by atoms with Gasteiger partial charge in [-0.1, -0.05) is 43.7 Å².